The summed E-state index contributed by atoms with van der Waals surface area (Å²) in [7, 11) is 0. The van der Waals surface area contributed by atoms with Crippen molar-refractivity contribution in [3.8, 4) is 0 Å². The van der Waals surface area contributed by atoms with Gasteiger partial charge in [-0.25, -0.2) is 0 Å². The minimum absolute atomic E-state index is 0.156. The molecule has 0 amide bonds. The molecule has 16 heavy (non-hydrogen) atoms. The van der Waals surface area contributed by atoms with Crippen LogP contribution in [0.4, 0.5) is 0 Å². The van der Waals surface area contributed by atoms with Crippen LogP contribution in [-0.4, -0.2) is 79.0 Å². The van der Waals surface area contributed by atoms with Crippen LogP contribution >= 0.6 is 0 Å². The molecule has 98 valence electrons. The van der Waals surface area contributed by atoms with E-state index >= 15 is 0 Å². The topological polar surface area (TPSA) is 142 Å². The molecule has 0 saturated heterocycles. The zero-order chi connectivity index (χ0) is 12.9. The average Bonchev–Trinajstić information content (AvgIpc) is 2.32. The minimum atomic E-state index is -1.86. The van der Waals surface area contributed by atoms with Gasteiger partial charge < -0.3 is 35.7 Å². The number of aliphatic hydroxyl groups excluding tert-OH is 7. The molecule has 0 aromatic rings. The van der Waals surface area contributed by atoms with E-state index in [2.05, 4.69) is 0 Å². The Bertz CT molecular complexity index is 169. The Morgan fingerprint density at radius 1 is 0.688 bits per heavy atom. The van der Waals surface area contributed by atoms with E-state index < -0.39 is 43.2 Å². The Kier molecular flexibility index (Phi) is 7.00. The van der Waals surface area contributed by atoms with Crippen LogP contribution in [0, 0.1) is 0 Å². The third-order valence-corrected chi connectivity index (χ3v) is 2.44. The predicted octanol–water partition coefficient (Wildman–Crippen LogP) is -3.45. The summed E-state index contributed by atoms with van der Waals surface area (Å²) in [5.41, 5.74) is 0. The van der Waals surface area contributed by atoms with Gasteiger partial charge in [-0.05, 0) is 6.42 Å². The van der Waals surface area contributed by atoms with E-state index in [1.54, 1.807) is 6.92 Å². The first-order valence-electron chi connectivity index (χ1n) is 5.06. The molecule has 0 bridgehead atoms. The molecular formula is C9H20O7. The van der Waals surface area contributed by atoms with Crippen molar-refractivity contribution < 1.29 is 35.7 Å². The van der Waals surface area contributed by atoms with Crippen LogP contribution in [-0.2, 0) is 0 Å². The fourth-order valence-corrected chi connectivity index (χ4v) is 1.21. The van der Waals surface area contributed by atoms with Crippen LogP contribution in [0.1, 0.15) is 13.3 Å². The van der Waals surface area contributed by atoms with E-state index in [-0.39, 0.29) is 6.42 Å². The average molecular weight is 240 g/mol. The smallest absolute Gasteiger partial charge is 0.111 e. The van der Waals surface area contributed by atoms with Crippen molar-refractivity contribution in [2.24, 2.45) is 0 Å². The van der Waals surface area contributed by atoms with Gasteiger partial charge in [-0.2, -0.15) is 0 Å². The molecule has 0 spiro atoms. The minimum Gasteiger partial charge on any atom is -0.394 e. The van der Waals surface area contributed by atoms with Crippen molar-refractivity contribution in [2.45, 2.75) is 50.0 Å². The van der Waals surface area contributed by atoms with E-state index in [0.717, 1.165) is 0 Å². The van der Waals surface area contributed by atoms with E-state index in [1.807, 2.05) is 0 Å². The Morgan fingerprint density at radius 3 is 1.38 bits per heavy atom. The van der Waals surface area contributed by atoms with Gasteiger partial charge in [0.2, 0.25) is 0 Å². The van der Waals surface area contributed by atoms with Gasteiger partial charge in [0.1, 0.15) is 30.5 Å². The van der Waals surface area contributed by atoms with E-state index in [4.69, 9.17) is 10.2 Å². The highest BCUT2D eigenvalue weighted by atomic mass is 16.4. The summed E-state index contributed by atoms with van der Waals surface area (Å²) < 4.78 is 0. The first-order valence-corrected chi connectivity index (χ1v) is 5.06. The molecule has 0 aliphatic rings. The van der Waals surface area contributed by atoms with Crippen molar-refractivity contribution >= 4 is 0 Å². The Hall–Kier alpha value is -0.280. The van der Waals surface area contributed by atoms with Crippen LogP contribution in [0.25, 0.3) is 0 Å². The zero-order valence-electron chi connectivity index (χ0n) is 9.01. The van der Waals surface area contributed by atoms with E-state index in [0.29, 0.717) is 0 Å². The molecule has 0 rings (SSSR count). The molecular weight excluding hydrogens is 220 g/mol. The SMILES string of the molecule is CCC(O)C(O)[C@H](O)[C@@H](O)[C@H](O)[C@H](O)CO. The Balaban J connectivity index is 4.41. The molecule has 0 aliphatic heterocycles. The zero-order valence-corrected chi connectivity index (χ0v) is 9.01. The first-order chi connectivity index (χ1) is 7.36. The molecule has 7 nitrogen and oxygen atoms in total. The largest absolute Gasteiger partial charge is 0.394 e. The van der Waals surface area contributed by atoms with Crippen molar-refractivity contribution in [2.75, 3.05) is 6.61 Å². The summed E-state index contributed by atoms with van der Waals surface area (Å²) in [5, 5.41) is 64.1. The number of hydrogen-bond acceptors (Lipinski definition) is 7. The van der Waals surface area contributed by atoms with Gasteiger partial charge in [-0.1, -0.05) is 6.92 Å². The van der Waals surface area contributed by atoms with E-state index in [9.17, 15) is 25.5 Å². The van der Waals surface area contributed by atoms with Gasteiger partial charge in [-0.15, -0.1) is 0 Å². The van der Waals surface area contributed by atoms with Crippen LogP contribution in [0.2, 0.25) is 0 Å². The fraction of sp³-hybridized carbons (Fsp3) is 1.00. The molecule has 0 fully saturated rings. The highest BCUT2D eigenvalue weighted by Crippen LogP contribution is 2.12. The summed E-state index contributed by atoms with van der Waals surface area (Å²) in [6, 6.07) is 0. The van der Waals surface area contributed by atoms with Crippen LogP contribution < -0.4 is 0 Å². The second-order valence-corrected chi connectivity index (χ2v) is 3.69. The van der Waals surface area contributed by atoms with Gasteiger partial charge in [0.25, 0.3) is 0 Å². The lowest BCUT2D eigenvalue weighted by Crippen LogP contribution is -2.52. The molecule has 0 aromatic heterocycles. The van der Waals surface area contributed by atoms with Crippen molar-refractivity contribution in [3.05, 3.63) is 0 Å². The molecule has 0 saturated carbocycles. The number of aliphatic hydroxyl groups is 7. The molecule has 0 heterocycles. The molecule has 7 N–H and O–H groups in total. The van der Waals surface area contributed by atoms with Crippen molar-refractivity contribution in [1.82, 2.24) is 0 Å². The Labute approximate surface area is 93.2 Å². The van der Waals surface area contributed by atoms with Crippen LogP contribution in [0.3, 0.4) is 0 Å². The van der Waals surface area contributed by atoms with Crippen LogP contribution in [0.5, 0.6) is 0 Å². The van der Waals surface area contributed by atoms with Crippen molar-refractivity contribution in [3.63, 3.8) is 0 Å². The van der Waals surface area contributed by atoms with E-state index in [1.165, 1.54) is 0 Å². The second-order valence-electron chi connectivity index (χ2n) is 3.69. The van der Waals surface area contributed by atoms with Gasteiger partial charge >= 0.3 is 0 Å². The van der Waals surface area contributed by atoms with Crippen LogP contribution in [0.15, 0.2) is 0 Å². The van der Waals surface area contributed by atoms with Gasteiger partial charge in [0, 0.05) is 0 Å². The summed E-state index contributed by atoms with van der Waals surface area (Å²) in [5.74, 6) is 0. The molecule has 7 heteroatoms. The third-order valence-electron chi connectivity index (χ3n) is 2.44. The highest BCUT2D eigenvalue weighted by Gasteiger charge is 2.36. The normalized spacial score (nSPS) is 23.2. The Morgan fingerprint density at radius 2 is 1.06 bits per heavy atom. The maximum Gasteiger partial charge on any atom is 0.111 e. The lowest BCUT2D eigenvalue weighted by Gasteiger charge is -2.30. The van der Waals surface area contributed by atoms with Gasteiger partial charge in [0.05, 0.1) is 12.7 Å². The fourth-order valence-electron chi connectivity index (χ4n) is 1.21. The lowest BCUT2D eigenvalue weighted by molar-refractivity contribution is -0.157. The summed E-state index contributed by atoms with van der Waals surface area (Å²) >= 11 is 0. The summed E-state index contributed by atoms with van der Waals surface area (Å²) in [6.07, 6.45) is -9.84. The molecule has 2 unspecified atom stereocenters. The van der Waals surface area contributed by atoms with Gasteiger partial charge in [0.15, 0.2) is 0 Å². The number of hydrogen-bond donors (Lipinski definition) is 7. The highest BCUT2D eigenvalue weighted by molar-refractivity contribution is 4.87. The summed E-state index contributed by atoms with van der Waals surface area (Å²) in [4.78, 5) is 0. The first kappa shape index (κ1) is 15.7. The third kappa shape index (κ3) is 3.95. The van der Waals surface area contributed by atoms with Crippen molar-refractivity contribution in [1.29, 1.82) is 0 Å². The van der Waals surface area contributed by atoms with Gasteiger partial charge in [-0.3, -0.25) is 0 Å². The maximum atomic E-state index is 9.39. The second kappa shape index (κ2) is 7.13. The lowest BCUT2D eigenvalue weighted by atomic mass is 9.96. The predicted molar refractivity (Wildman–Crippen MR) is 53.4 cm³/mol. The maximum absolute atomic E-state index is 9.39. The summed E-state index contributed by atoms with van der Waals surface area (Å²) in [6.45, 7) is 0.767. The molecule has 0 radical (unpaired) electrons. The molecule has 0 aliphatic carbocycles. The molecule has 0 aromatic carbocycles. The molecule has 6 atom stereocenters. The quantitative estimate of drug-likeness (QED) is 0.245. The number of rotatable bonds is 7. The standard InChI is InChI=1S/C9H20O7/c1-2-4(11)6(13)8(15)9(16)7(14)5(12)3-10/h4-16H,2-3H2,1H3/t4?,5-,6?,7-,8+,9+/m1/s1. The monoisotopic (exact) mass is 240 g/mol.